The lowest BCUT2D eigenvalue weighted by Gasteiger charge is -2.29. The maximum absolute atomic E-state index is 12.5. The molecule has 2 N–H and O–H groups in total. The number of piperidine rings is 1. The number of likely N-dealkylation sites (tertiary alicyclic amines) is 1. The molecule has 3 aromatic rings. The SMILES string of the molecule is Cn1c(-c2ccc(NC(=O)CN3CCCC(O)C3)cc2Cl)nnc1C1(c2ccccc2)CC1. The average Bonchev–Trinajstić information content (AvgIpc) is 3.51. The van der Waals surface area contributed by atoms with Gasteiger partial charge in [0.1, 0.15) is 5.82 Å². The molecule has 1 saturated heterocycles. The standard InChI is InChI=1S/C25H28ClN5O2/c1-30-23(28-29-24(30)25(11-12-25)17-6-3-2-4-7-17)20-10-9-18(14-21(20)26)27-22(33)16-31-13-5-8-19(32)15-31/h2-4,6-7,9-10,14,19,32H,5,8,11-13,15-16H2,1H3,(H,27,33). The van der Waals surface area contributed by atoms with E-state index in [-0.39, 0.29) is 24.0 Å². The summed E-state index contributed by atoms with van der Waals surface area (Å²) >= 11 is 6.61. The molecular formula is C25H28ClN5O2. The first-order valence-electron chi connectivity index (χ1n) is 11.4. The van der Waals surface area contributed by atoms with Gasteiger partial charge in [-0.3, -0.25) is 9.69 Å². The number of aliphatic hydroxyl groups is 1. The molecule has 33 heavy (non-hydrogen) atoms. The fraction of sp³-hybridized carbons (Fsp3) is 0.400. The van der Waals surface area contributed by atoms with Gasteiger partial charge in [-0.1, -0.05) is 41.9 Å². The number of halogens is 1. The minimum atomic E-state index is -0.353. The lowest BCUT2D eigenvalue weighted by atomic mass is 9.95. The Morgan fingerprint density at radius 1 is 1.21 bits per heavy atom. The maximum Gasteiger partial charge on any atom is 0.238 e. The van der Waals surface area contributed by atoms with Crippen LogP contribution in [0.2, 0.25) is 5.02 Å². The maximum atomic E-state index is 12.5. The molecule has 1 aliphatic heterocycles. The van der Waals surface area contributed by atoms with Crippen LogP contribution in [0.25, 0.3) is 11.4 Å². The number of rotatable bonds is 6. The first-order valence-corrected chi connectivity index (χ1v) is 11.8. The van der Waals surface area contributed by atoms with E-state index in [0.717, 1.165) is 43.6 Å². The molecule has 2 heterocycles. The van der Waals surface area contributed by atoms with Gasteiger partial charge in [0, 0.05) is 24.8 Å². The Hall–Kier alpha value is -2.74. The number of aromatic nitrogens is 3. The molecule has 1 unspecified atom stereocenters. The molecule has 172 valence electrons. The van der Waals surface area contributed by atoms with Crippen molar-refractivity contribution in [2.75, 3.05) is 25.0 Å². The summed E-state index contributed by atoms with van der Waals surface area (Å²) in [6, 6.07) is 15.9. The summed E-state index contributed by atoms with van der Waals surface area (Å²) < 4.78 is 2.03. The number of amides is 1. The lowest BCUT2D eigenvalue weighted by Crippen LogP contribution is -2.42. The molecule has 2 aromatic carbocycles. The molecule has 1 aromatic heterocycles. The number of carbonyl (C=O) groups excluding carboxylic acids is 1. The summed E-state index contributed by atoms with van der Waals surface area (Å²) in [5.74, 6) is 1.53. The van der Waals surface area contributed by atoms with Crippen LogP contribution in [0.4, 0.5) is 5.69 Å². The van der Waals surface area contributed by atoms with Crippen molar-refractivity contribution >= 4 is 23.2 Å². The molecular weight excluding hydrogens is 438 g/mol. The van der Waals surface area contributed by atoms with Gasteiger partial charge in [0.15, 0.2) is 5.82 Å². The molecule has 2 fully saturated rings. The molecule has 7 nitrogen and oxygen atoms in total. The molecule has 2 aliphatic rings. The molecule has 0 spiro atoms. The first kappa shape index (κ1) is 22.1. The van der Waals surface area contributed by atoms with Crippen LogP contribution < -0.4 is 5.32 Å². The molecule has 1 amide bonds. The Bertz CT molecular complexity index is 1160. The number of benzene rings is 2. The Labute approximate surface area is 198 Å². The van der Waals surface area contributed by atoms with Gasteiger partial charge < -0.3 is 15.0 Å². The van der Waals surface area contributed by atoms with E-state index in [1.165, 1.54) is 5.56 Å². The molecule has 1 atom stereocenters. The van der Waals surface area contributed by atoms with Crippen LogP contribution >= 0.6 is 11.6 Å². The predicted octanol–water partition coefficient (Wildman–Crippen LogP) is 3.61. The highest BCUT2D eigenvalue weighted by Gasteiger charge is 2.49. The van der Waals surface area contributed by atoms with Crippen LogP contribution in [0.3, 0.4) is 0 Å². The predicted molar refractivity (Wildman–Crippen MR) is 128 cm³/mol. The van der Waals surface area contributed by atoms with Gasteiger partial charge in [-0.15, -0.1) is 10.2 Å². The summed E-state index contributed by atoms with van der Waals surface area (Å²) in [5.41, 5.74) is 2.59. The summed E-state index contributed by atoms with van der Waals surface area (Å²) in [6.45, 7) is 1.61. The number of carbonyl (C=O) groups is 1. The highest BCUT2D eigenvalue weighted by molar-refractivity contribution is 6.33. The van der Waals surface area contributed by atoms with E-state index in [9.17, 15) is 9.90 Å². The van der Waals surface area contributed by atoms with Crippen molar-refractivity contribution in [2.45, 2.75) is 37.2 Å². The van der Waals surface area contributed by atoms with Crippen molar-refractivity contribution < 1.29 is 9.90 Å². The fourth-order valence-corrected chi connectivity index (χ4v) is 5.12. The van der Waals surface area contributed by atoms with Crippen LogP contribution in [-0.4, -0.2) is 56.4 Å². The Balaban J connectivity index is 1.32. The molecule has 8 heteroatoms. The van der Waals surface area contributed by atoms with Crippen molar-refractivity contribution in [1.29, 1.82) is 0 Å². The zero-order chi connectivity index (χ0) is 23.0. The van der Waals surface area contributed by atoms with E-state index in [4.69, 9.17) is 11.6 Å². The Kier molecular flexibility index (Phi) is 5.95. The topological polar surface area (TPSA) is 83.3 Å². The monoisotopic (exact) mass is 465 g/mol. The van der Waals surface area contributed by atoms with Gasteiger partial charge in [-0.25, -0.2) is 0 Å². The van der Waals surface area contributed by atoms with Crippen LogP contribution in [0.5, 0.6) is 0 Å². The van der Waals surface area contributed by atoms with Crippen molar-refractivity contribution in [3.05, 3.63) is 64.9 Å². The third kappa shape index (κ3) is 4.40. The zero-order valence-corrected chi connectivity index (χ0v) is 19.4. The number of hydrogen-bond acceptors (Lipinski definition) is 5. The Morgan fingerprint density at radius 2 is 2.00 bits per heavy atom. The number of aliphatic hydroxyl groups excluding tert-OH is 1. The number of anilines is 1. The number of hydrogen-bond donors (Lipinski definition) is 2. The molecule has 1 saturated carbocycles. The van der Waals surface area contributed by atoms with Gasteiger partial charge >= 0.3 is 0 Å². The van der Waals surface area contributed by atoms with Crippen molar-refractivity contribution in [3.8, 4) is 11.4 Å². The number of β-amino-alcohol motifs (C(OH)–C–C–N with tert-alkyl or cyclic N) is 1. The largest absolute Gasteiger partial charge is 0.392 e. The second-order valence-electron chi connectivity index (χ2n) is 9.13. The quantitative estimate of drug-likeness (QED) is 0.581. The third-order valence-electron chi connectivity index (χ3n) is 6.72. The molecule has 0 radical (unpaired) electrons. The zero-order valence-electron chi connectivity index (χ0n) is 18.7. The van der Waals surface area contributed by atoms with Gasteiger partial charge in [-0.05, 0) is 56.0 Å². The first-order chi connectivity index (χ1) is 16.0. The van der Waals surface area contributed by atoms with Crippen molar-refractivity contribution in [3.63, 3.8) is 0 Å². The molecule has 5 rings (SSSR count). The third-order valence-corrected chi connectivity index (χ3v) is 7.03. The van der Waals surface area contributed by atoms with E-state index >= 15 is 0 Å². The van der Waals surface area contributed by atoms with Crippen molar-refractivity contribution in [1.82, 2.24) is 19.7 Å². The summed E-state index contributed by atoms with van der Waals surface area (Å²) in [4.78, 5) is 14.4. The number of nitrogens with one attached hydrogen (secondary N) is 1. The fourth-order valence-electron chi connectivity index (χ4n) is 4.86. The average molecular weight is 466 g/mol. The highest BCUT2D eigenvalue weighted by Crippen LogP contribution is 2.53. The lowest BCUT2D eigenvalue weighted by molar-refractivity contribution is -0.118. The van der Waals surface area contributed by atoms with Gasteiger partial charge in [-0.2, -0.15) is 0 Å². The Morgan fingerprint density at radius 3 is 2.70 bits per heavy atom. The minimum absolute atomic E-state index is 0.0797. The van der Waals surface area contributed by atoms with E-state index in [2.05, 4.69) is 39.8 Å². The van der Waals surface area contributed by atoms with Gasteiger partial charge in [0.2, 0.25) is 5.91 Å². The van der Waals surface area contributed by atoms with Gasteiger partial charge in [0.25, 0.3) is 0 Å². The van der Waals surface area contributed by atoms with Crippen molar-refractivity contribution in [2.24, 2.45) is 7.05 Å². The van der Waals surface area contributed by atoms with Crippen LogP contribution in [0.15, 0.2) is 48.5 Å². The number of nitrogens with zero attached hydrogens (tertiary/aromatic N) is 4. The van der Waals surface area contributed by atoms with E-state index < -0.39 is 0 Å². The van der Waals surface area contributed by atoms with Crippen LogP contribution in [-0.2, 0) is 17.3 Å². The van der Waals surface area contributed by atoms with E-state index in [1.54, 1.807) is 6.07 Å². The van der Waals surface area contributed by atoms with Crippen LogP contribution in [0, 0.1) is 0 Å². The van der Waals surface area contributed by atoms with E-state index in [1.807, 2.05) is 34.7 Å². The normalized spacial score (nSPS) is 19.9. The molecule has 1 aliphatic carbocycles. The summed E-state index contributed by atoms with van der Waals surface area (Å²) in [7, 11) is 1.98. The smallest absolute Gasteiger partial charge is 0.238 e. The second-order valence-corrected chi connectivity index (χ2v) is 9.54. The molecule has 0 bridgehead atoms. The highest BCUT2D eigenvalue weighted by atomic mass is 35.5. The van der Waals surface area contributed by atoms with Gasteiger partial charge in [0.05, 0.1) is 23.1 Å². The minimum Gasteiger partial charge on any atom is -0.392 e. The van der Waals surface area contributed by atoms with Crippen LogP contribution in [0.1, 0.15) is 37.1 Å². The summed E-state index contributed by atoms with van der Waals surface area (Å²) in [5, 5.41) is 22.2. The van der Waals surface area contributed by atoms with E-state index in [0.29, 0.717) is 23.1 Å². The second kappa shape index (κ2) is 8.89. The summed E-state index contributed by atoms with van der Waals surface area (Å²) in [6.07, 6.45) is 3.45.